The molecular formula is C10H11FN2O2S. The maximum absolute atomic E-state index is 12.7. The second-order valence-corrected chi connectivity index (χ2v) is 3.81. The number of thiocarbonyl (C=S) groups is 1. The van der Waals surface area contributed by atoms with Gasteiger partial charge in [0.2, 0.25) is 0 Å². The van der Waals surface area contributed by atoms with Gasteiger partial charge in [0.05, 0.1) is 17.1 Å². The molecule has 0 spiro atoms. The highest BCUT2D eigenvalue weighted by Gasteiger charge is 2.16. The Morgan fingerprint density at radius 1 is 1.62 bits per heavy atom. The number of halogens is 1. The van der Waals surface area contributed by atoms with E-state index in [0.717, 1.165) is 12.1 Å². The molecule has 0 atom stereocenters. The third-order valence-electron chi connectivity index (χ3n) is 1.93. The predicted molar refractivity (Wildman–Crippen MR) is 61.8 cm³/mol. The minimum absolute atomic E-state index is 0.0140. The first-order chi connectivity index (χ1) is 7.41. The van der Waals surface area contributed by atoms with Gasteiger partial charge in [0, 0.05) is 13.1 Å². The van der Waals surface area contributed by atoms with Gasteiger partial charge >= 0.3 is 0 Å². The van der Waals surface area contributed by atoms with Crippen molar-refractivity contribution >= 4 is 23.1 Å². The predicted octanol–water partition coefficient (Wildman–Crippen LogP) is 0.889. The minimum Gasteiger partial charge on any atom is -0.507 e. The monoisotopic (exact) mass is 242 g/mol. The fourth-order valence-electron chi connectivity index (χ4n) is 1.20. The first-order valence-corrected chi connectivity index (χ1v) is 4.85. The Morgan fingerprint density at radius 2 is 2.25 bits per heavy atom. The molecule has 4 nitrogen and oxygen atoms in total. The van der Waals surface area contributed by atoms with Gasteiger partial charge in [-0.25, -0.2) is 4.39 Å². The van der Waals surface area contributed by atoms with Crippen LogP contribution in [0.3, 0.4) is 0 Å². The third-order valence-corrected chi connectivity index (χ3v) is 2.06. The minimum atomic E-state index is -0.606. The fraction of sp³-hybridized carbons (Fsp3) is 0.200. The van der Waals surface area contributed by atoms with Crippen molar-refractivity contribution < 1.29 is 14.3 Å². The number of nitrogens with zero attached hydrogens (tertiary/aromatic N) is 1. The average Bonchev–Trinajstić information content (AvgIpc) is 2.15. The van der Waals surface area contributed by atoms with Crippen LogP contribution in [0.15, 0.2) is 18.2 Å². The number of rotatable bonds is 3. The van der Waals surface area contributed by atoms with Crippen LogP contribution in [0.2, 0.25) is 0 Å². The lowest BCUT2D eigenvalue weighted by atomic mass is 10.1. The molecule has 6 heteroatoms. The Bertz CT molecular complexity index is 437. The van der Waals surface area contributed by atoms with Crippen molar-refractivity contribution in [1.29, 1.82) is 0 Å². The van der Waals surface area contributed by atoms with Crippen LogP contribution >= 0.6 is 12.2 Å². The summed E-state index contributed by atoms with van der Waals surface area (Å²) in [7, 11) is 1.49. The lowest BCUT2D eigenvalue weighted by Crippen LogP contribution is -2.34. The fourth-order valence-corrected chi connectivity index (χ4v) is 1.39. The standard InChI is InChI=1S/C10H11FN2O2S/c1-13(5-9(12)16)10(15)7-3-2-6(11)4-8(7)14/h2-4,14H,5H2,1H3,(H2,12,16). The molecule has 86 valence electrons. The molecule has 0 fully saturated rings. The van der Waals surface area contributed by atoms with E-state index < -0.39 is 17.5 Å². The van der Waals surface area contributed by atoms with Crippen LogP contribution in [-0.4, -0.2) is 34.5 Å². The molecule has 16 heavy (non-hydrogen) atoms. The first-order valence-electron chi connectivity index (χ1n) is 4.44. The maximum Gasteiger partial charge on any atom is 0.257 e. The van der Waals surface area contributed by atoms with Gasteiger partial charge < -0.3 is 15.7 Å². The maximum atomic E-state index is 12.7. The van der Waals surface area contributed by atoms with Crippen molar-refractivity contribution in [1.82, 2.24) is 4.90 Å². The molecule has 0 saturated carbocycles. The van der Waals surface area contributed by atoms with E-state index >= 15 is 0 Å². The molecule has 0 aliphatic carbocycles. The summed E-state index contributed by atoms with van der Waals surface area (Å²) in [6.07, 6.45) is 0. The van der Waals surface area contributed by atoms with Gasteiger partial charge in [0.15, 0.2) is 0 Å². The molecule has 1 amide bonds. The van der Waals surface area contributed by atoms with Gasteiger partial charge in [-0.05, 0) is 12.1 Å². The lowest BCUT2D eigenvalue weighted by molar-refractivity contribution is 0.0812. The number of hydrogen-bond acceptors (Lipinski definition) is 3. The van der Waals surface area contributed by atoms with E-state index in [0.29, 0.717) is 0 Å². The van der Waals surface area contributed by atoms with E-state index in [1.807, 2.05) is 0 Å². The number of nitrogens with two attached hydrogens (primary N) is 1. The Kier molecular flexibility index (Phi) is 3.78. The largest absolute Gasteiger partial charge is 0.507 e. The van der Waals surface area contributed by atoms with Crippen LogP contribution in [0, 0.1) is 5.82 Å². The van der Waals surface area contributed by atoms with Crippen LogP contribution in [0.5, 0.6) is 5.75 Å². The van der Waals surface area contributed by atoms with Crippen LogP contribution < -0.4 is 5.73 Å². The number of aromatic hydroxyl groups is 1. The summed E-state index contributed by atoms with van der Waals surface area (Å²) in [5.74, 6) is -1.48. The molecule has 1 aromatic rings. The van der Waals surface area contributed by atoms with Gasteiger partial charge in [0.1, 0.15) is 11.6 Å². The molecule has 0 aliphatic rings. The molecule has 0 aliphatic heterocycles. The Labute approximate surface area is 97.5 Å². The second-order valence-electron chi connectivity index (χ2n) is 3.29. The summed E-state index contributed by atoms with van der Waals surface area (Å²) in [6, 6.07) is 3.19. The summed E-state index contributed by atoms with van der Waals surface area (Å²) in [5, 5.41) is 9.39. The topological polar surface area (TPSA) is 66.6 Å². The summed E-state index contributed by atoms with van der Waals surface area (Å²) in [6.45, 7) is 0.102. The number of carbonyl (C=O) groups is 1. The van der Waals surface area contributed by atoms with Gasteiger partial charge in [-0.1, -0.05) is 12.2 Å². The van der Waals surface area contributed by atoms with Crippen molar-refractivity contribution in [2.75, 3.05) is 13.6 Å². The summed E-state index contributed by atoms with van der Waals surface area (Å²) in [4.78, 5) is 13.2. The molecule has 3 N–H and O–H groups in total. The number of phenolic OH excluding ortho intramolecular Hbond substituents is 1. The summed E-state index contributed by atoms with van der Waals surface area (Å²) < 4.78 is 12.7. The summed E-state index contributed by atoms with van der Waals surface area (Å²) >= 11 is 4.66. The molecule has 1 aromatic carbocycles. The van der Waals surface area contributed by atoms with Gasteiger partial charge in [-0.15, -0.1) is 0 Å². The summed E-state index contributed by atoms with van der Waals surface area (Å²) in [5.41, 5.74) is 5.30. The van der Waals surface area contributed by atoms with E-state index in [1.54, 1.807) is 0 Å². The van der Waals surface area contributed by atoms with Crippen molar-refractivity contribution in [2.24, 2.45) is 5.73 Å². The number of benzene rings is 1. The zero-order valence-corrected chi connectivity index (χ0v) is 9.42. The zero-order chi connectivity index (χ0) is 12.3. The van der Waals surface area contributed by atoms with Crippen molar-refractivity contribution in [3.05, 3.63) is 29.6 Å². The van der Waals surface area contributed by atoms with E-state index in [9.17, 15) is 14.3 Å². The van der Waals surface area contributed by atoms with Gasteiger partial charge in [-0.2, -0.15) is 0 Å². The lowest BCUT2D eigenvalue weighted by Gasteiger charge is -2.16. The third kappa shape index (κ3) is 2.90. The average molecular weight is 242 g/mol. The van der Waals surface area contributed by atoms with Crippen molar-refractivity contribution in [3.8, 4) is 5.75 Å². The molecule has 0 saturated heterocycles. The SMILES string of the molecule is CN(CC(N)=S)C(=O)c1ccc(F)cc1O. The Hall–Kier alpha value is -1.69. The quantitative estimate of drug-likeness (QED) is 0.772. The zero-order valence-electron chi connectivity index (χ0n) is 8.61. The molecule has 0 unspecified atom stereocenters. The van der Waals surface area contributed by atoms with Crippen molar-refractivity contribution in [3.63, 3.8) is 0 Å². The number of hydrogen-bond donors (Lipinski definition) is 2. The van der Waals surface area contributed by atoms with E-state index in [-0.39, 0.29) is 17.1 Å². The second kappa shape index (κ2) is 4.89. The van der Waals surface area contributed by atoms with Crippen molar-refractivity contribution in [2.45, 2.75) is 0 Å². The number of phenols is 1. The normalized spacial score (nSPS) is 9.88. The smallest absolute Gasteiger partial charge is 0.257 e. The number of amides is 1. The highest BCUT2D eigenvalue weighted by molar-refractivity contribution is 7.80. The van der Waals surface area contributed by atoms with Crippen LogP contribution in [-0.2, 0) is 0 Å². The molecule has 0 radical (unpaired) electrons. The van der Waals surface area contributed by atoms with Gasteiger partial charge in [-0.3, -0.25) is 4.79 Å². The van der Waals surface area contributed by atoms with E-state index in [2.05, 4.69) is 12.2 Å². The molecule has 0 heterocycles. The first kappa shape index (κ1) is 12.4. The van der Waals surface area contributed by atoms with Crippen LogP contribution in [0.1, 0.15) is 10.4 Å². The molecule has 1 rings (SSSR count). The highest BCUT2D eigenvalue weighted by atomic mass is 32.1. The van der Waals surface area contributed by atoms with Gasteiger partial charge in [0.25, 0.3) is 5.91 Å². The van der Waals surface area contributed by atoms with Crippen LogP contribution in [0.25, 0.3) is 0 Å². The Balaban J connectivity index is 2.92. The molecule has 0 aromatic heterocycles. The highest BCUT2D eigenvalue weighted by Crippen LogP contribution is 2.19. The van der Waals surface area contributed by atoms with E-state index in [1.165, 1.54) is 18.0 Å². The number of likely N-dealkylation sites (N-methyl/N-ethyl adjacent to an activating group) is 1. The van der Waals surface area contributed by atoms with E-state index in [4.69, 9.17) is 5.73 Å². The number of carbonyl (C=O) groups excluding carboxylic acids is 1. The van der Waals surface area contributed by atoms with Crippen LogP contribution in [0.4, 0.5) is 4.39 Å². The molecule has 0 bridgehead atoms. The Morgan fingerprint density at radius 3 is 2.75 bits per heavy atom. The molecular weight excluding hydrogens is 231 g/mol.